The molecule has 9 rings (SSSR count). The van der Waals surface area contributed by atoms with Crippen LogP contribution in [0.4, 0.5) is 0 Å². The predicted octanol–water partition coefficient (Wildman–Crippen LogP) is 10.9. The Morgan fingerprint density at radius 2 is 0.629 bits per heavy atom. The second kappa shape index (κ2) is 105. The fourth-order valence-electron chi connectivity index (χ4n) is 4.92. The van der Waals surface area contributed by atoms with Gasteiger partial charge in [-0.15, -0.1) is 0 Å². The molecule has 0 amide bonds. The summed E-state index contributed by atoms with van der Waals surface area (Å²) in [6.45, 7) is 57.3. The Bertz CT molecular complexity index is 686. The minimum atomic E-state index is -2.65. The minimum absolute atomic E-state index is 0.312. The average Bonchev–Trinajstić information content (AvgIpc) is 4.29. The third-order valence-corrected chi connectivity index (χ3v) is 12.1. The number of nitrogens with one attached hydrogen (secondary N) is 8. The van der Waals surface area contributed by atoms with Gasteiger partial charge in [0.05, 0.1) is 37.9 Å². The molecule has 8 N–H and O–H groups in total. The van der Waals surface area contributed by atoms with Crippen molar-refractivity contribution in [2.45, 2.75) is 182 Å². The zero-order chi connectivity index (χ0) is 55.1. The molecule has 0 spiro atoms. The number of hydrogen-bond donors (Lipinski definition) is 8. The van der Waals surface area contributed by atoms with E-state index in [4.69, 9.17) is 9.47 Å². The van der Waals surface area contributed by atoms with E-state index in [-0.39, 0.29) is 0 Å². The number of ether oxygens (including phenoxy) is 2. The minimum Gasteiger partial charge on any atom is -0.379 e. The normalized spacial score (nSPS) is 18.8. The van der Waals surface area contributed by atoms with Crippen molar-refractivity contribution in [2.75, 3.05) is 166 Å². The number of sulfone groups is 1. The number of hydrogen-bond acceptors (Lipinski definition) is 14. The molecule has 0 aromatic rings. The Kier molecular flexibility index (Phi) is 135. The van der Waals surface area contributed by atoms with Gasteiger partial charge >= 0.3 is 0 Å². The molecule has 12 nitrogen and oxygen atoms in total. The first kappa shape index (κ1) is 89.6. The highest BCUT2D eigenvalue weighted by molar-refractivity contribution is 7.99. The van der Waals surface area contributed by atoms with Crippen LogP contribution in [0.2, 0.25) is 0 Å². The van der Waals surface area contributed by atoms with Crippen molar-refractivity contribution in [3.63, 3.8) is 0 Å². The second-order valence-corrected chi connectivity index (χ2v) is 17.9. The van der Waals surface area contributed by atoms with E-state index in [1.54, 1.807) is 0 Å². The maximum atomic E-state index is 10.6. The molecule has 9 aliphatic rings. The lowest BCUT2D eigenvalue weighted by Gasteiger charge is -2.11. The highest BCUT2D eigenvalue weighted by Crippen LogP contribution is 2.14. The predicted molar refractivity (Wildman–Crippen MR) is 331 cm³/mol. The van der Waals surface area contributed by atoms with E-state index in [9.17, 15) is 8.42 Å². The van der Waals surface area contributed by atoms with Gasteiger partial charge in [0, 0.05) is 77.0 Å². The smallest absolute Gasteiger partial charge is 0.152 e. The largest absolute Gasteiger partial charge is 0.379 e. The molecule has 0 radical (unpaired) electrons. The lowest BCUT2D eigenvalue weighted by atomic mass is 10.2. The molecule has 8 fully saturated rings. The zero-order valence-corrected chi connectivity index (χ0v) is 53.2. The van der Waals surface area contributed by atoms with E-state index < -0.39 is 9.84 Å². The molecule has 15 heteroatoms. The Balaban J connectivity index is -0.0000000823. The monoisotopic (exact) mass is 1070 g/mol. The number of piperazine rings is 1. The number of morpholine rings is 1. The fourth-order valence-corrected chi connectivity index (χ4v) is 7.84. The standard InChI is InChI=1S/C5H11N.C5H8O.C4H10N2.C4H9NO2S.C4H9NO.C4H9NS.C4H9N.C4H8S.C3H7N.9C2H6/c2*1-2-4-6-5-3-1;1-2-6-4-3-5-1;6-8(7)3-1-5-2-4-8;2*1-3-6-4-2-5-1;2*1-2-4-5-3-1;1-2-4-3-1;9*1-2/h6H,1-5H2;1-2H,3-5H2;5-6H,1-4H2;5H,1-4H2;2*5H,1-4H2;5H,1-4H2;1-4H2;4H,1-3H2;9*1-2H3. The van der Waals surface area contributed by atoms with Gasteiger partial charge in [-0.1, -0.05) is 143 Å². The molecule has 0 atom stereocenters. The first-order valence-electron chi connectivity index (χ1n) is 29.5. The van der Waals surface area contributed by atoms with Gasteiger partial charge < -0.3 is 52.0 Å². The Morgan fingerprint density at radius 3 is 0.757 bits per heavy atom. The van der Waals surface area contributed by atoms with Gasteiger partial charge in [0.25, 0.3) is 0 Å². The van der Waals surface area contributed by atoms with Gasteiger partial charge in [-0.25, -0.2) is 8.42 Å². The maximum absolute atomic E-state index is 10.6. The topological polar surface area (TPSA) is 149 Å². The van der Waals surface area contributed by atoms with Crippen LogP contribution >= 0.6 is 23.5 Å². The van der Waals surface area contributed by atoms with Crippen molar-refractivity contribution in [2.24, 2.45) is 0 Å². The Morgan fingerprint density at radius 1 is 0.314 bits per heavy atom. The molecule has 9 heterocycles. The van der Waals surface area contributed by atoms with Crippen LogP contribution in [0.3, 0.4) is 0 Å². The summed E-state index contributed by atoms with van der Waals surface area (Å²) in [7, 11) is -2.65. The Labute approximate surface area is 451 Å². The van der Waals surface area contributed by atoms with E-state index in [1.807, 2.05) is 142 Å². The van der Waals surface area contributed by atoms with Gasteiger partial charge in [-0.05, 0) is 102 Å². The fraction of sp³-hybridized carbons (Fsp3) is 0.964. The van der Waals surface area contributed by atoms with Crippen molar-refractivity contribution >= 4 is 33.4 Å². The molecule has 0 aromatic heterocycles. The molecule has 0 aliphatic carbocycles. The van der Waals surface area contributed by atoms with Gasteiger partial charge in [0.2, 0.25) is 0 Å². The molecule has 436 valence electrons. The summed E-state index contributed by atoms with van der Waals surface area (Å²) < 4.78 is 31.2. The first-order valence-corrected chi connectivity index (χ1v) is 33.7. The van der Waals surface area contributed by atoms with Crippen LogP contribution < -0.4 is 42.5 Å². The number of thioether (sulfide) groups is 2. The lowest BCUT2D eigenvalue weighted by molar-refractivity contribution is 0.109. The third-order valence-electron chi connectivity index (χ3n) is 8.34. The summed E-state index contributed by atoms with van der Waals surface area (Å²) in [6, 6.07) is 0. The quantitative estimate of drug-likeness (QED) is 0.109. The lowest BCUT2D eigenvalue weighted by Crippen LogP contribution is -2.39. The molecular formula is C55H134N8O4S3. The molecule has 0 bridgehead atoms. The first-order chi connectivity index (χ1) is 34.7. The third kappa shape index (κ3) is 105. The van der Waals surface area contributed by atoms with Crippen LogP contribution in [-0.4, -0.2) is 174 Å². The second-order valence-electron chi connectivity index (χ2n) is 13.2. The van der Waals surface area contributed by atoms with Crippen LogP contribution in [0, 0.1) is 0 Å². The van der Waals surface area contributed by atoms with E-state index in [0.717, 1.165) is 72.1 Å². The molecule has 9 aliphatic heterocycles. The van der Waals surface area contributed by atoms with Crippen molar-refractivity contribution in [3.05, 3.63) is 12.2 Å². The van der Waals surface area contributed by atoms with Gasteiger partial charge in [0.15, 0.2) is 9.84 Å². The summed E-state index contributed by atoms with van der Waals surface area (Å²) in [5.74, 6) is 6.07. The molecule has 0 unspecified atom stereocenters. The average molecular weight is 1070 g/mol. The molecule has 0 saturated carbocycles. The summed E-state index contributed by atoms with van der Waals surface area (Å²) >= 11 is 4.11. The highest BCUT2D eigenvalue weighted by atomic mass is 32.2. The van der Waals surface area contributed by atoms with Crippen LogP contribution in [-0.2, 0) is 19.3 Å². The van der Waals surface area contributed by atoms with Gasteiger partial charge in [0.1, 0.15) is 0 Å². The van der Waals surface area contributed by atoms with Crippen molar-refractivity contribution in [1.29, 1.82) is 0 Å². The maximum Gasteiger partial charge on any atom is 0.152 e. The molecule has 8 saturated heterocycles. The Hall–Kier alpha value is -0.0100. The summed E-state index contributed by atoms with van der Waals surface area (Å²) in [4.78, 5) is 0. The van der Waals surface area contributed by atoms with Crippen LogP contribution in [0.15, 0.2) is 12.2 Å². The SMILES string of the molecule is C1=CCOCC1.C1CCNC1.C1CCNCC1.C1CCSC1.C1CNC1.C1CNCCN1.C1COCCN1.C1CSCCN1.CC.CC.CC.CC.CC.CC.CC.CC.CC.O=S1(=O)CCNCC1. The van der Waals surface area contributed by atoms with Crippen molar-refractivity contribution in [1.82, 2.24) is 42.5 Å². The van der Waals surface area contributed by atoms with E-state index in [1.165, 1.54) is 127 Å². The number of rotatable bonds is 0. The summed E-state index contributed by atoms with van der Waals surface area (Å²) in [6.07, 6.45) is 16.6. The van der Waals surface area contributed by atoms with Crippen LogP contribution in [0.5, 0.6) is 0 Å². The van der Waals surface area contributed by atoms with Crippen LogP contribution in [0.25, 0.3) is 0 Å². The van der Waals surface area contributed by atoms with Crippen molar-refractivity contribution in [3.8, 4) is 0 Å². The van der Waals surface area contributed by atoms with Crippen molar-refractivity contribution < 1.29 is 17.9 Å². The summed E-state index contributed by atoms with van der Waals surface area (Å²) in [5, 5.41) is 25.4. The summed E-state index contributed by atoms with van der Waals surface area (Å²) in [5.41, 5.74) is 0. The van der Waals surface area contributed by atoms with E-state index >= 15 is 0 Å². The molecule has 0 aromatic carbocycles. The van der Waals surface area contributed by atoms with E-state index in [0.29, 0.717) is 24.6 Å². The highest BCUT2D eigenvalue weighted by Gasteiger charge is 2.13. The molecule has 70 heavy (non-hydrogen) atoms. The number of piperidine rings is 1. The van der Waals surface area contributed by atoms with Crippen LogP contribution in [0.1, 0.15) is 182 Å². The molecular weight excluding hydrogens is 933 g/mol. The van der Waals surface area contributed by atoms with Gasteiger partial charge in [-0.3, -0.25) is 0 Å². The van der Waals surface area contributed by atoms with E-state index in [2.05, 4.69) is 60.4 Å². The van der Waals surface area contributed by atoms with Gasteiger partial charge in [-0.2, -0.15) is 23.5 Å². The zero-order valence-electron chi connectivity index (χ0n) is 50.8.